The topological polar surface area (TPSA) is 25.6 Å². The Bertz CT molecular complexity index is 488. The van der Waals surface area contributed by atoms with Gasteiger partial charge < -0.3 is 14.1 Å². The number of fused-ring (bicyclic) bond motifs is 1. The van der Waals surface area contributed by atoms with Gasteiger partial charge in [0, 0.05) is 18.4 Å². The van der Waals surface area contributed by atoms with Crippen LogP contribution in [0.25, 0.3) is 11.0 Å². The van der Waals surface area contributed by atoms with Crippen LogP contribution in [0.3, 0.4) is 0 Å². The molecule has 0 amide bonds. The van der Waals surface area contributed by atoms with Crippen molar-refractivity contribution in [3.8, 4) is 5.75 Å². The Kier molecular flexibility index (Phi) is 3.69. The molecule has 17 heavy (non-hydrogen) atoms. The summed E-state index contributed by atoms with van der Waals surface area (Å²) in [6.07, 6.45) is 0.922. The second-order valence-corrected chi connectivity index (χ2v) is 4.42. The molecule has 2 rings (SSSR count). The summed E-state index contributed by atoms with van der Waals surface area (Å²) in [5.41, 5.74) is 0.932. The number of nitrogens with zero attached hydrogens (tertiary/aromatic N) is 1. The second kappa shape index (κ2) is 5.23. The summed E-state index contributed by atoms with van der Waals surface area (Å²) < 4.78 is 11.3. The third-order valence-electron chi connectivity index (χ3n) is 2.69. The first kappa shape index (κ1) is 12.0. The summed E-state index contributed by atoms with van der Waals surface area (Å²) in [5, 5.41) is 1.12. The lowest BCUT2D eigenvalue weighted by molar-refractivity contribution is 0.261. The molecule has 0 N–H and O–H groups in total. The molecule has 1 aromatic heterocycles. The summed E-state index contributed by atoms with van der Waals surface area (Å²) in [6, 6.07) is 8.04. The van der Waals surface area contributed by atoms with Crippen LogP contribution >= 0.6 is 0 Å². The van der Waals surface area contributed by atoms with Gasteiger partial charge in [-0.1, -0.05) is 6.92 Å². The molecule has 0 unspecified atom stereocenters. The van der Waals surface area contributed by atoms with Crippen molar-refractivity contribution in [3.63, 3.8) is 0 Å². The van der Waals surface area contributed by atoms with Crippen LogP contribution in [0.1, 0.15) is 12.7 Å². The van der Waals surface area contributed by atoms with Crippen molar-refractivity contribution in [3.05, 3.63) is 30.0 Å². The van der Waals surface area contributed by atoms with E-state index >= 15 is 0 Å². The third kappa shape index (κ3) is 3.01. The van der Waals surface area contributed by atoms with Crippen molar-refractivity contribution in [2.45, 2.75) is 13.3 Å². The van der Waals surface area contributed by atoms with E-state index in [-0.39, 0.29) is 0 Å². The van der Waals surface area contributed by atoms with Gasteiger partial charge in [-0.15, -0.1) is 0 Å². The molecule has 0 fully saturated rings. The van der Waals surface area contributed by atoms with Gasteiger partial charge in [0.05, 0.1) is 0 Å². The zero-order valence-corrected chi connectivity index (χ0v) is 10.7. The second-order valence-electron chi connectivity index (χ2n) is 4.42. The van der Waals surface area contributed by atoms with Gasteiger partial charge >= 0.3 is 0 Å². The minimum absolute atomic E-state index is 0.705. The van der Waals surface area contributed by atoms with Crippen LogP contribution in [-0.2, 0) is 6.42 Å². The molecule has 0 saturated heterocycles. The average molecular weight is 233 g/mol. The van der Waals surface area contributed by atoms with Gasteiger partial charge in [-0.05, 0) is 38.4 Å². The summed E-state index contributed by atoms with van der Waals surface area (Å²) in [7, 11) is 4.08. The number of hydrogen-bond acceptors (Lipinski definition) is 3. The first-order chi connectivity index (χ1) is 8.19. The highest BCUT2D eigenvalue weighted by atomic mass is 16.5. The minimum atomic E-state index is 0.705. The Morgan fingerprint density at radius 2 is 2.06 bits per heavy atom. The van der Waals surface area contributed by atoms with Gasteiger partial charge in [-0.25, -0.2) is 0 Å². The van der Waals surface area contributed by atoms with E-state index in [0.717, 1.165) is 35.4 Å². The first-order valence-corrected chi connectivity index (χ1v) is 5.99. The highest BCUT2D eigenvalue weighted by molar-refractivity contribution is 5.79. The maximum Gasteiger partial charge on any atom is 0.134 e. The molecule has 92 valence electrons. The number of furan rings is 1. The molecule has 0 atom stereocenters. The maximum atomic E-state index is 5.68. The Hall–Kier alpha value is -1.48. The van der Waals surface area contributed by atoms with E-state index in [1.54, 1.807) is 0 Å². The Balaban J connectivity index is 2.08. The van der Waals surface area contributed by atoms with Crippen molar-refractivity contribution < 1.29 is 9.15 Å². The highest BCUT2D eigenvalue weighted by Crippen LogP contribution is 2.24. The predicted molar refractivity (Wildman–Crippen MR) is 69.6 cm³/mol. The van der Waals surface area contributed by atoms with Crippen LogP contribution in [0.15, 0.2) is 28.7 Å². The molecule has 0 spiro atoms. The standard InChI is InChI=1S/C14H19NO2/c1-4-12-9-11-10-13(5-6-14(11)17-12)16-8-7-15(2)3/h5-6,9-10H,4,7-8H2,1-3H3. The lowest BCUT2D eigenvalue weighted by Crippen LogP contribution is -2.19. The van der Waals surface area contributed by atoms with E-state index in [2.05, 4.69) is 17.9 Å². The number of benzene rings is 1. The van der Waals surface area contributed by atoms with Gasteiger partial charge in [-0.3, -0.25) is 0 Å². The van der Waals surface area contributed by atoms with Crippen LogP contribution in [0.5, 0.6) is 5.75 Å². The van der Waals surface area contributed by atoms with E-state index in [1.807, 2.05) is 32.3 Å². The van der Waals surface area contributed by atoms with Crippen molar-refractivity contribution in [1.29, 1.82) is 0 Å². The lowest BCUT2D eigenvalue weighted by atomic mass is 10.2. The zero-order valence-electron chi connectivity index (χ0n) is 10.7. The van der Waals surface area contributed by atoms with Crippen molar-refractivity contribution in [2.24, 2.45) is 0 Å². The van der Waals surface area contributed by atoms with E-state index in [4.69, 9.17) is 9.15 Å². The fourth-order valence-electron chi connectivity index (χ4n) is 1.69. The molecule has 3 nitrogen and oxygen atoms in total. The number of aryl methyl sites for hydroxylation is 1. The monoisotopic (exact) mass is 233 g/mol. The lowest BCUT2D eigenvalue weighted by Gasteiger charge is -2.10. The molecular formula is C14H19NO2. The van der Waals surface area contributed by atoms with Gasteiger partial charge in [0.2, 0.25) is 0 Å². The molecule has 0 aliphatic carbocycles. The Labute approximate surface area is 102 Å². The summed E-state index contributed by atoms with van der Waals surface area (Å²) in [4.78, 5) is 2.10. The van der Waals surface area contributed by atoms with Gasteiger partial charge in [-0.2, -0.15) is 0 Å². The predicted octanol–water partition coefficient (Wildman–Crippen LogP) is 2.94. The fourth-order valence-corrected chi connectivity index (χ4v) is 1.69. The van der Waals surface area contributed by atoms with Crippen LogP contribution in [0.4, 0.5) is 0 Å². The number of ether oxygens (including phenoxy) is 1. The molecule has 2 aromatic rings. The molecule has 0 bridgehead atoms. The zero-order chi connectivity index (χ0) is 12.3. The third-order valence-corrected chi connectivity index (χ3v) is 2.69. The summed E-state index contributed by atoms with van der Waals surface area (Å²) in [5.74, 6) is 1.92. The SMILES string of the molecule is CCc1cc2cc(OCCN(C)C)ccc2o1. The average Bonchev–Trinajstić information content (AvgIpc) is 2.70. The first-order valence-electron chi connectivity index (χ1n) is 5.99. The van der Waals surface area contributed by atoms with Gasteiger partial charge in [0.25, 0.3) is 0 Å². The quantitative estimate of drug-likeness (QED) is 0.794. The molecule has 0 saturated carbocycles. The smallest absolute Gasteiger partial charge is 0.134 e. The fraction of sp³-hybridized carbons (Fsp3) is 0.429. The molecule has 0 aliphatic heterocycles. The van der Waals surface area contributed by atoms with E-state index < -0.39 is 0 Å². The minimum Gasteiger partial charge on any atom is -0.492 e. The Morgan fingerprint density at radius 1 is 1.24 bits per heavy atom. The van der Waals surface area contributed by atoms with E-state index in [9.17, 15) is 0 Å². The molecule has 1 heterocycles. The van der Waals surface area contributed by atoms with Crippen LogP contribution < -0.4 is 4.74 Å². The van der Waals surface area contributed by atoms with Crippen molar-refractivity contribution in [1.82, 2.24) is 4.90 Å². The van der Waals surface area contributed by atoms with E-state index in [0.29, 0.717) is 6.61 Å². The van der Waals surface area contributed by atoms with Crippen LogP contribution in [0.2, 0.25) is 0 Å². The summed E-state index contributed by atoms with van der Waals surface area (Å²) in [6.45, 7) is 3.72. The molecule has 1 aromatic carbocycles. The molecule has 3 heteroatoms. The number of likely N-dealkylation sites (N-methyl/N-ethyl adjacent to an activating group) is 1. The van der Waals surface area contributed by atoms with Crippen molar-refractivity contribution >= 4 is 11.0 Å². The van der Waals surface area contributed by atoms with Crippen LogP contribution in [-0.4, -0.2) is 32.1 Å². The molecule has 0 radical (unpaired) electrons. The Morgan fingerprint density at radius 3 is 2.76 bits per heavy atom. The van der Waals surface area contributed by atoms with Gasteiger partial charge in [0.1, 0.15) is 23.7 Å². The van der Waals surface area contributed by atoms with Crippen molar-refractivity contribution in [2.75, 3.05) is 27.2 Å². The molecule has 0 aliphatic rings. The normalized spacial score (nSPS) is 11.3. The summed E-state index contributed by atoms with van der Waals surface area (Å²) >= 11 is 0. The largest absolute Gasteiger partial charge is 0.492 e. The maximum absolute atomic E-state index is 5.68. The molecular weight excluding hydrogens is 214 g/mol. The number of rotatable bonds is 5. The van der Waals surface area contributed by atoms with Gasteiger partial charge in [0.15, 0.2) is 0 Å². The van der Waals surface area contributed by atoms with E-state index in [1.165, 1.54) is 0 Å². The highest BCUT2D eigenvalue weighted by Gasteiger charge is 2.03. The number of hydrogen-bond donors (Lipinski definition) is 0. The van der Waals surface area contributed by atoms with Crippen LogP contribution in [0, 0.1) is 0 Å².